The Balaban J connectivity index is 1.20. The normalized spacial score (nSPS) is 15.2. The number of fused-ring (bicyclic) bond motifs is 18. The van der Waals surface area contributed by atoms with Crippen LogP contribution in [0.5, 0.6) is 0 Å². The number of hydrogen-bond donors (Lipinski definition) is 0. The lowest BCUT2D eigenvalue weighted by atomic mass is 9.28. The van der Waals surface area contributed by atoms with Crippen LogP contribution in [0.1, 0.15) is 105 Å². The van der Waals surface area contributed by atoms with Gasteiger partial charge in [-0.25, -0.2) is 0 Å². The number of nitrogens with zero attached hydrogens (tertiary/aromatic N) is 2. The van der Waals surface area contributed by atoms with Crippen molar-refractivity contribution >= 4 is 103 Å². The zero-order chi connectivity index (χ0) is 48.7. The topological polar surface area (TPSA) is 6.48 Å². The Kier molecular flexibility index (Phi) is 7.83. The molecule has 0 fully saturated rings. The Morgan fingerprint density at radius 2 is 0.704 bits per heavy atom. The number of benzene rings is 9. The summed E-state index contributed by atoms with van der Waals surface area (Å²) in [6, 6.07) is 56.4. The minimum atomic E-state index is -0.0805. The van der Waals surface area contributed by atoms with Gasteiger partial charge in [-0.05, 0) is 144 Å². The van der Waals surface area contributed by atoms with E-state index in [0.717, 1.165) is 0 Å². The van der Waals surface area contributed by atoms with Gasteiger partial charge in [0.15, 0.2) is 0 Å². The molecule has 2 nitrogen and oxygen atoms in total. The van der Waals surface area contributed by atoms with Crippen molar-refractivity contribution in [2.75, 3.05) is 9.62 Å². The number of anilines is 4. The highest BCUT2D eigenvalue weighted by molar-refractivity contribution is 7.06. The molecule has 0 amide bonds. The molecule has 0 saturated carbocycles. The highest BCUT2D eigenvalue weighted by Crippen LogP contribution is 2.57. The summed E-state index contributed by atoms with van der Waals surface area (Å²) < 4.78 is 0. The molecule has 6 heterocycles. The van der Waals surface area contributed by atoms with Crippen molar-refractivity contribution in [2.24, 2.45) is 0 Å². The van der Waals surface area contributed by atoms with Gasteiger partial charge in [0.25, 0.3) is 6.71 Å². The Labute approximate surface area is 421 Å². The highest BCUT2D eigenvalue weighted by Gasteiger charge is 2.57. The minimum absolute atomic E-state index is 0.00144. The van der Waals surface area contributed by atoms with Gasteiger partial charge in [-0.1, -0.05) is 204 Å². The fraction of sp³-hybridized carbons (Fsp3) is 0.242. The fourth-order valence-corrected chi connectivity index (χ4v) is 14.2. The van der Waals surface area contributed by atoms with Gasteiger partial charge in [-0.2, -0.15) is 0 Å². The SMILES string of the molecule is CC(C)(C)c1ccc2c(c1)B1c3ccc4ccccc4c3-c3cc4c5c6c3N1c1c(cc(C(C)(C)C)cc1-2)B6c1cc(C(C)(C)C)cc2c1N5B(c1cc(C(C)(C)C)ccc1-2)c1ccc2ccccc2c1-4. The van der Waals surface area contributed by atoms with Crippen molar-refractivity contribution in [3.8, 4) is 44.5 Å². The smallest absolute Gasteiger partial charge is 0.329 e. The molecular weight excluding hydrogens is 853 g/mol. The van der Waals surface area contributed by atoms with Gasteiger partial charge in [0.1, 0.15) is 0 Å². The molecule has 0 radical (unpaired) electrons. The Morgan fingerprint density at radius 1 is 0.310 bits per heavy atom. The van der Waals surface area contributed by atoms with Crippen LogP contribution in [0, 0.1) is 0 Å². The summed E-state index contributed by atoms with van der Waals surface area (Å²) in [7, 11) is 0. The molecular formula is C66H59B3N2. The Hall–Kier alpha value is -6.71. The van der Waals surface area contributed by atoms with Gasteiger partial charge in [-0.3, -0.25) is 0 Å². The average Bonchev–Trinajstić information content (AvgIpc) is 3.35. The summed E-state index contributed by atoms with van der Waals surface area (Å²) in [6.07, 6.45) is 0. The Bertz CT molecular complexity index is 3710. The minimum Gasteiger partial charge on any atom is -0.377 e. The summed E-state index contributed by atoms with van der Waals surface area (Å²) in [5.74, 6) is 0. The molecule has 9 aromatic carbocycles. The molecule has 0 saturated heterocycles. The van der Waals surface area contributed by atoms with Crippen LogP contribution in [0.25, 0.3) is 66.1 Å². The molecule has 71 heavy (non-hydrogen) atoms. The third-order valence-corrected chi connectivity index (χ3v) is 17.8. The lowest BCUT2D eigenvalue weighted by Crippen LogP contribution is -2.72. The van der Waals surface area contributed by atoms with Gasteiger partial charge in [0.2, 0.25) is 0 Å². The molecule has 0 bridgehead atoms. The van der Waals surface area contributed by atoms with Crippen LogP contribution < -0.4 is 47.9 Å². The lowest BCUT2D eigenvalue weighted by molar-refractivity contribution is 0.590. The van der Waals surface area contributed by atoms with E-state index in [2.05, 4.69) is 232 Å². The van der Waals surface area contributed by atoms with Crippen molar-refractivity contribution in [1.82, 2.24) is 0 Å². The van der Waals surface area contributed by atoms with Crippen LogP contribution in [0.15, 0.2) is 140 Å². The molecule has 6 aliphatic heterocycles. The largest absolute Gasteiger partial charge is 0.377 e. The van der Waals surface area contributed by atoms with Crippen LogP contribution >= 0.6 is 0 Å². The van der Waals surface area contributed by atoms with Gasteiger partial charge >= 0.3 is 13.7 Å². The van der Waals surface area contributed by atoms with Gasteiger partial charge in [-0.15, -0.1) is 0 Å². The quantitative estimate of drug-likeness (QED) is 0.140. The molecule has 0 atom stereocenters. The molecule has 15 rings (SSSR count). The van der Waals surface area contributed by atoms with Crippen molar-refractivity contribution in [1.29, 1.82) is 0 Å². The van der Waals surface area contributed by atoms with Gasteiger partial charge in [0, 0.05) is 45.0 Å². The molecule has 0 aromatic heterocycles. The summed E-state index contributed by atoms with van der Waals surface area (Å²) in [5.41, 5.74) is 31.9. The van der Waals surface area contributed by atoms with Gasteiger partial charge < -0.3 is 9.62 Å². The van der Waals surface area contributed by atoms with E-state index in [-0.39, 0.29) is 42.1 Å². The van der Waals surface area contributed by atoms with E-state index in [1.165, 1.54) is 149 Å². The van der Waals surface area contributed by atoms with E-state index in [4.69, 9.17) is 0 Å². The van der Waals surface area contributed by atoms with E-state index >= 15 is 0 Å². The fourth-order valence-electron chi connectivity index (χ4n) is 14.2. The second-order valence-corrected chi connectivity index (χ2v) is 26.1. The van der Waals surface area contributed by atoms with Crippen molar-refractivity contribution in [3.05, 3.63) is 162 Å². The second-order valence-electron chi connectivity index (χ2n) is 26.1. The first kappa shape index (κ1) is 42.0. The first-order valence-electron chi connectivity index (χ1n) is 26.3. The Morgan fingerprint density at radius 3 is 1.11 bits per heavy atom. The summed E-state index contributed by atoms with van der Waals surface area (Å²) in [5, 5.41) is 5.25. The van der Waals surface area contributed by atoms with Crippen molar-refractivity contribution < 1.29 is 0 Å². The third-order valence-electron chi connectivity index (χ3n) is 17.8. The van der Waals surface area contributed by atoms with Crippen LogP contribution in [-0.4, -0.2) is 20.4 Å². The zero-order valence-corrected chi connectivity index (χ0v) is 43.4. The summed E-state index contributed by atoms with van der Waals surface area (Å²) in [6.45, 7) is 28.7. The van der Waals surface area contributed by atoms with Crippen LogP contribution in [0.4, 0.5) is 22.7 Å². The molecule has 0 unspecified atom stereocenters. The van der Waals surface area contributed by atoms with E-state index in [1.807, 2.05) is 0 Å². The molecule has 9 aromatic rings. The van der Waals surface area contributed by atoms with Crippen molar-refractivity contribution in [3.63, 3.8) is 0 Å². The first-order chi connectivity index (χ1) is 33.8. The third kappa shape index (κ3) is 5.33. The van der Waals surface area contributed by atoms with E-state index in [9.17, 15) is 0 Å². The standard InChI is InChI=1S/C66H59B3N2/c1-63(2,3)38-23-25-44-46-29-40(65(7,8)9)33-54-59(46)70-61-48(56-42-19-15-13-17-36(42)21-27-50(56)68(70)52(44)31-38)35-49-57-43-20-16-14-18-37(43)22-28-51(57)69-53-32-39(64(4,5)6)24-26-45(53)47-30-41(66(10,11)12)34-55-60(47)71(69)62(49)58(61)67(54)55/h13-35H,1-12H3. The van der Waals surface area contributed by atoms with E-state index in [0.29, 0.717) is 0 Å². The van der Waals surface area contributed by atoms with E-state index < -0.39 is 0 Å². The zero-order valence-electron chi connectivity index (χ0n) is 43.4. The van der Waals surface area contributed by atoms with Crippen molar-refractivity contribution in [2.45, 2.75) is 105 Å². The lowest BCUT2D eigenvalue weighted by Gasteiger charge is -2.55. The maximum atomic E-state index is 2.88. The molecule has 6 aliphatic rings. The van der Waals surface area contributed by atoms with E-state index in [1.54, 1.807) is 0 Å². The highest BCUT2D eigenvalue weighted by atomic mass is 15.1. The predicted molar refractivity (Wildman–Crippen MR) is 310 cm³/mol. The second kappa shape index (κ2) is 13.2. The number of rotatable bonds is 0. The van der Waals surface area contributed by atoms with Crippen LogP contribution in [0.3, 0.4) is 0 Å². The first-order valence-corrected chi connectivity index (χ1v) is 26.3. The van der Waals surface area contributed by atoms with Gasteiger partial charge in [0.05, 0.1) is 0 Å². The molecule has 0 N–H and O–H groups in total. The number of hydrogen-bond acceptors (Lipinski definition) is 2. The maximum Gasteiger partial charge on any atom is 0.329 e. The monoisotopic (exact) mass is 912 g/mol. The molecule has 5 heteroatoms. The van der Waals surface area contributed by atoms with Crippen LogP contribution in [-0.2, 0) is 21.7 Å². The van der Waals surface area contributed by atoms with Crippen LogP contribution in [0.2, 0.25) is 0 Å². The maximum absolute atomic E-state index is 2.88. The summed E-state index contributed by atoms with van der Waals surface area (Å²) >= 11 is 0. The molecule has 342 valence electrons. The summed E-state index contributed by atoms with van der Waals surface area (Å²) in [4.78, 5) is 5.76. The molecule has 0 spiro atoms. The predicted octanol–water partition coefficient (Wildman–Crippen LogP) is 12.1. The average molecular weight is 913 g/mol. The molecule has 0 aliphatic carbocycles.